The van der Waals surface area contributed by atoms with E-state index in [-0.39, 0.29) is 16.9 Å². The molecule has 0 radical (unpaired) electrons. The van der Waals surface area contributed by atoms with Gasteiger partial charge in [-0.2, -0.15) is 0 Å². The number of fused-ring (bicyclic) bond motifs is 1. The average Bonchev–Trinajstić information content (AvgIpc) is 3.02. The molecule has 3 aromatic rings. The third kappa shape index (κ3) is 4.02. The Kier molecular flexibility index (Phi) is 5.71. The second kappa shape index (κ2) is 8.03. The second-order valence-corrected chi connectivity index (χ2v) is 7.54. The molecule has 0 aliphatic heterocycles. The molecule has 0 saturated carbocycles. The van der Waals surface area contributed by atoms with Crippen molar-refractivity contribution in [2.45, 2.75) is 24.4 Å². The van der Waals surface area contributed by atoms with Crippen LogP contribution < -0.4 is 11.2 Å². The van der Waals surface area contributed by atoms with Crippen molar-refractivity contribution in [2.24, 2.45) is 7.05 Å². The Morgan fingerprint density at radius 3 is 2.64 bits per heavy atom. The van der Waals surface area contributed by atoms with E-state index in [4.69, 9.17) is 11.6 Å². The molecular weight excluding hydrogens is 406 g/mol. The van der Waals surface area contributed by atoms with E-state index in [2.05, 4.69) is 9.97 Å². The number of nitrogens with one attached hydrogen (secondary N) is 1. The highest BCUT2D eigenvalue weighted by atomic mass is 35.5. The highest BCUT2D eigenvalue weighted by Crippen LogP contribution is 2.26. The first kappa shape index (κ1) is 19.9. The first-order valence-corrected chi connectivity index (χ1v) is 9.52. The minimum absolute atomic E-state index is 0.0187. The molecule has 1 N–H and O–H groups in total. The number of non-ortho nitro benzene ring substituents is 1. The maximum atomic E-state index is 12.3. The maximum Gasteiger partial charge on any atom is 0.329 e. The van der Waals surface area contributed by atoms with E-state index in [1.54, 1.807) is 29.7 Å². The predicted molar refractivity (Wildman–Crippen MR) is 108 cm³/mol. The Labute approximate surface area is 167 Å². The summed E-state index contributed by atoms with van der Waals surface area (Å²) in [7, 11) is 1.53. The Hall–Kier alpha value is -2.85. The summed E-state index contributed by atoms with van der Waals surface area (Å²) >= 11 is 7.29. The monoisotopic (exact) mass is 421 g/mol. The molecule has 28 heavy (non-hydrogen) atoms. The van der Waals surface area contributed by atoms with Crippen molar-refractivity contribution in [1.82, 2.24) is 19.1 Å². The van der Waals surface area contributed by atoms with Crippen LogP contribution in [0, 0.1) is 10.1 Å². The largest absolute Gasteiger partial charge is 0.329 e. The van der Waals surface area contributed by atoms with Gasteiger partial charge in [0.2, 0.25) is 0 Å². The summed E-state index contributed by atoms with van der Waals surface area (Å²) in [6, 6.07) is 6.22. The molecule has 0 aliphatic carbocycles. The summed E-state index contributed by atoms with van der Waals surface area (Å²) in [6.45, 7) is 2.04. The van der Waals surface area contributed by atoms with Gasteiger partial charge in [0, 0.05) is 36.5 Å². The molecule has 0 spiro atoms. The van der Waals surface area contributed by atoms with Crippen molar-refractivity contribution < 1.29 is 4.92 Å². The number of thioether (sulfide) groups is 1. The van der Waals surface area contributed by atoms with Crippen LogP contribution in [-0.2, 0) is 19.3 Å². The zero-order valence-electron chi connectivity index (χ0n) is 15.0. The van der Waals surface area contributed by atoms with E-state index in [0.29, 0.717) is 22.5 Å². The zero-order valence-corrected chi connectivity index (χ0v) is 16.6. The number of aromatic nitrogens is 4. The topological polar surface area (TPSA) is 116 Å². The molecule has 0 unspecified atom stereocenters. The Morgan fingerprint density at radius 2 is 2.04 bits per heavy atom. The Morgan fingerprint density at radius 1 is 1.36 bits per heavy atom. The minimum Gasteiger partial charge on any atom is -0.309 e. The molecule has 0 fully saturated rings. The van der Waals surface area contributed by atoms with Crippen molar-refractivity contribution in [3.8, 4) is 0 Å². The van der Waals surface area contributed by atoms with E-state index in [1.807, 2.05) is 0 Å². The van der Waals surface area contributed by atoms with Crippen molar-refractivity contribution in [1.29, 1.82) is 0 Å². The summed E-state index contributed by atoms with van der Waals surface area (Å²) < 4.78 is 2.97. The number of hydrogen-bond donors (Lipinski definition) is 1. The van der Waals surface area contributed by atoms with Gasteiger partial charge in [0.1, 0.15) is 0 Å². The van der Waals surface area contributed by atoms with Crippen molar-refractivity contribution in [2.75, 3.05) is 0 Å². The molecule has 1 aromatic carbocycles. The lowest BCUT2D eigenvalue weighted by Gasteiger charge is -2.06. The first-order chi connectivity index (χ1) is 13.3. The normalized spacial score (nSPS) is 11.9. The molecule has 0 atom stereocenters. The van der Waals surface area contributed by atoms with E-state index in [0.717, 1.165) is 5.56 Å². The smallest absolute Gasteiger partial charge is 0.309 e. The number of hydrogen-bond acceptors (Lipinski definition) is 6. The molecule has 0 saturated heterocycles. The number of imidazole rings is 1. The second-order valence-electron chi connectivity index (χ2n) is 6.00. The number of aromatic amines is 1. The molecule has 2 heterocycles. The predicted octanol–water partition coefficient (Wildman–Crippen LogP) is 2.77. The number of allylic oxidation sites excluding steroid dienone is 2. The molecule has 0 aliphatic rings. The summed E-state index contributed by atoms with van der Waals surface area (Å²) in [5.74, 6) is 0.483. The Bertz CT molecular complexity index is 1190. The van der Waals surface area contributed by atoms with Gasteiger partial charge in [-0.25, -0.2) is 9.78 Å². The first-order valence-electron chi connectivity index (χ1n) is 8.16. The van der Waals surface area contributed by atoms with Gasteiger partial charge in [0.05, 0.1) is 4.92 Å². The lowest BCUT2D eigenvalue weighted by Crippen LogP contribution is -2.29. The van der Waals surface area contributed by atoms with Gasteiger partial charge in [-0.15, -0.1) is 0 Å². The zero-order chi connectivity index (χ0) is 20.4. The van der Waals surface area contributed by atoms with Crippen LogP contribution in [0.15, 0.2) is 50.1 Å². The fraction of sp³-hybridized carbons (Fsp3) is 0.235. The average molecular weight is 422 g/mol. The third-order valence-electron chi connectivity index (χ3n) is 4.04. The van der Waals surface area contributed by atoms with Crippen molar-refractivity contribution in [3.63, 3.8) is 0 Å². The number of nitro groups is 1. The summed E-state index contributed by atoms with van der Waals surface area (Å²) in [6.07, 6.45) is 1.74. The van der Waals surface area contributed by atoms with Crippen LogP contribution in [0.5, 0.6) is 0 Å². The summed E-state index contributed by atoms with van der Waals surface area (Å²) in [5, 5.41) is 11.9. The SMILES string of the molecule is CC(Cl)=CCn1c(SCc2ccc([N+](=O)[O-])cc2)nc2c1c(=O)[nH]c(=O)n2C. The standard InChI is InChI=1S/C17H16ClN5O4S/c1-10(18)7-8-22-13-14(21(2)16(25)20-15(13)24)19-17(22)28-9-11-3-5-12(6-4-11)23(26)27/h3-7H,8-9H2,1-2H3,(H,20,24,25). The number of halogens is 1. The van der Waals surface area contributed by atoms with Crippen molar-refractivity contribution >= 4 is 40.2 Å². The summed E-state index contributed by atoms with van der Waals surface area (Å²) in [4.78, 5) is 41.3. The van der Waals surface area contributed by atoms with E-state index in [9.17, 15) is 19.7 Å². The van der Waals surface area contributed by atoms with Gasteiger partial charge >= 0.3 is 5.69 Å². The van der Waals surface area contributed by atoms with Gasteiger partial charge in [0.25, 0.3) is 11.2 Å². The molecule has 3 rings (SSSR count). The highest BCUT2D eigenvalue weighted by Gasteiger charge is 2.17. The number of aryl methyl sites for hydroxylation is 1. The third-order valence-corrected chi connectivity index (χ3v) is 5.24. The van der Waals surface area contributed by atoms with Gasteiger partial charge in [-0.05, 0) is 12.5 Å². The molecule has 2 aromatic heterocycles. The van der Waals surface area contributed by atoms with Crippen LogP contribution in [0.3, 0.4) is 0 Å². The van der Waals surface area contributed by atoms with E-state index >= 15 is 0 Å². The summed E-state index contributed by atoms with van der Waals surface area (Å²) in [5.41, 5.74) is 0.376. The molecular formula is C17H16ClN5O4S. The molecule has 9 nitrogen and oxygen atoms in total. The van der Waals surface area contributed by atoms with Crippen molar-refractivity contribution in [3.05, 3.63) is 71.9 Å². The fourth-order valence-corrected chi connectivity index (χ4v) is 3.60. The molecule has 0 bridgehead atoms. The van der Waals surface area contributed by atoms with Gasteiger partial charge in [0.15, 0.2) is 16.3 Å². The Balaban J connectivity index is 2.00. The number of H-pyrrole nitrogens is 1. The number of benzene rings is 1. The lowest BCUT2D eigenvalue weighted by atomic mass is 10.2. The van der Waals surface area contributed by atoms with Crippen LogP contribution in [0.25, 0.3) is 11.2 Å². The van der Waals surface area contributed by atoms with Crippen LogP contribution >= 0.6 is 23.4 Å². The minimum atomic E-state index is -0.543. The van der Waals surface area contributed by atoms with Crippen LogP contribution in [0.2, 0.25) is 0 Å². The fourth-order valence-electron chi connectivity index (χ4n) is 2.57. The van der Waals surface area contributed by atoms with E-state index < -0.39 is 16.2 Å². The van der Waals surface area contributed by atoms with Crippen LogP contribution in [0.1, 0.15) is 12.5 Å². The maximum absolute atomic E-state index is 12.3. The molecule has 146 valence electrons. The number of rotatable bonds is 6. The number of nitro benzene ring substituents is 1. The van der Waals surface area contributed by atoms with Gasteiger partial charge in [-0.3, -0.25) is 24.5 Å². The van der Waals surface area contributed by atoms with Gasteiger partial charge in [-0.1, -0.05) is 41.6 Å². The molecule has 11 heteroatoms. The van der Waals surface area contributed by atoms with Crippen LogP contribution in [-0.4, -0.2) is 24.0 Å². The highest BCUT2D eigenvalue weighted by molar-refractivity contribution is 7.98. The number of nitrogens with zero attached hydrogens (tertiary/aromatic N) is 4. The lowest BCUT2D eigenvalue weighted by molar-refractivity contribution is -0.384. The molecule has 0 amide bonds. The quantitative estimate of drug-likeness (QED) is 0.371. The van der Waals surface area contributed by atoms with Crippen LogP contribution in [0.4, 0.5) is 5.69 Å². The van der Waals surface area contributed by atoms with Gasteiger partial charge < -0.3 is 4.57 Å². The van der Waals surface area contributed by atoms with E-state index in [1.165, 1.54) is 35.5 Å².